The molecule has 134 valence electrons. The average Bonchev–Trinajstić information content (AvgIpc) is 3.33. The molecule has 0 saturated carbocycles. The number of thioether (sulfide) groups is 1. The lowest BCUT2D eigenvalue weighted by atomic mass is 10.2. The van der Waals surface area contributed by atoms with Crippen molar-refractivity contribution in [2.75, 3.05) is 24.2 Å². The molecule has 0 aliphatic carbocycles. The fourth-order valence-corrected chi connectivity index (χ4v) is 4.01. The van der Waals surface area contributed by atoms with E-state index >= 15 is 0 Å². The summed E-state index contributed by atoms with van der Waals surface area (Å²) in [5, 5.41) is 13.6. The number of furan rings is 1. The summed E-state index contributed by atoms with van der Waals surface area (Å²) in [5.41, 5.74) is 0. The van der Waals surface area contributed by atoms with Crippen LogP contribution in [0.3, 0.4) is 0 Å². The monoisotopic (exact) mass is 446 g/mol. The molecule has 11 heteroatoms. The number of ether oxygens (including phenoxy) is 1. The summed E-state index contributed by atoms with van der Waals surface area (Å²) in [6.07, 6.45) is 2.15. The summed E-state index contributed by atoms with van der Waals surface area (Å²) in [5.74, 6) is -0.0836. The van der Waals surface area contributed by atoms with E-state index in [4.69, 9.17) is 9.15 Å². The van der Waals surface area contributed by atoms with Crippen LogP contribution in [-0.4, -0.2) is 47.0 Å². The SMILES string of the molecule is O=C(CSc1nnc(NC(=O)c2ccc(Br)o2)s1)NCC1CCCO1. The Labute approximate surface area is 160 Å². The van der Waals surface area contributed by atoms with Crippen LogP contribution in [-0.2, 0) is 9.53 Å². The van der Waals surface area contributed by atoms with Gasteiger partial charge in [0, 0.05) is 13.2 Å². The lowest BCUT2D eigenvalue weighted by molar-refractivity contribution is -0.119. The molecule has 0 spiro atoms. The van der Waals surface area contributed by atoms with Crippen LogP contribution in [0.2, 0.25) is 0 Å². The predicted octanol–water partition coefficient (Wildman–Crippen LogP) is 2.53. The first-order valence-electron chi connectivity index (χ1n) is 7.51. The van der Waals surface area contributed by atoms with Crippen molar-refractivity contribution in [3.05, 3.63) is 22.6 Å². The zero-order valence-corrected chi connectivity index (χ0v) is 16.2. The van der Waals surface area contributed by atoms with Gasteiger partial charge >= 0.3 is 0 Å². The quantitative estimate of drug-likeness (QED) is 0.496. The van der Waals surface area contributed by atoms with E-state index in [2.05, 4.69) is 36.8 Å². The van der Waals surface area contributed by atoms with E-state index in [1.54, 1.807) is 12.1 Å². The molecule has 1 unspecified atom stereocenters. The van der Waals surface area contributed by atoms with Crippen molar-refractivity contribution in [3.8, 4) is 0 Å². The van der Waals surface area contributed by atoms with Crippen molar-refractivity contribution in [1.82, 2.24) is 15.5 Å². The zero-order valence-electron chi connectivity index (χ0n) is 13.0. The zero-order chi connectivity index (χ0) is 17.6. The Hall–Kier alpha value is -1.43. The second-order valence-electron chi connectivity index (χ2n) is 5.16. The number of hydrogen-bond donors (Lipinski definition) is 2. The molecule has 25 heavy (non-hydrogen) atoms. The first-order chi connectivity index (χ1) is 12.1. The van der Waals surface area contributed by atoms with Gasteiger partial charge in [0.15, 0.2) is 14.8 Å². The number of halogens is 1. The van der Waals surface area contributed by atoms with Gasteiger partial charge in [-0.2, -0.15) is 0 Å². The van der Waals surface area contributed by atoms with E-state index in [1.807, 2.05) is 0 Å². The van der Waals surface area contributed by atoms with Gasteiger partial charge in [0.25, 0.3) is 5.91 Å². The molecule has 2 amide bonds. The summed E-state index contributed by atoms with van der Waals surface area (Å²) in [6, 6.07) is 3.18. The highest BCUT2D eigenvalue weighted by Gasteiger charge is 2.17. The van der Waals surface area contributed by atoms with Gasteiger partial charge in [-0.3, -0.25) is 14.9 Å². The van der Waals surface area contributed by atoms with Crippen LogP contribution in [0.15, 0.2) is 25.6 Å². The Bertz CT molecular complexity index is 745. The number of nitrogens with zero attached hydrogens (tertiary/aromatic N) is 2. The molecule has 0 radical (unpaired) electrons. The van der Waals surface area contributed by atoms with E-state index < -0.39 is 5.91 Å². The Balaban J connectivity index is 1.41. The molecular weight excluding hydrogens is 432 g/mol. The first-order valence-corrected chi connectivity index (χ1v) is 10.1. The van der Waals surface area contributed by atoms with Crippen molar-refractivity contribution >= 4 is 56.0 Å². The third kappa shape index (κ3) is 5.53. The van der Waals surface area contributed by atoms with Gasteiger partial charge in [-0.05, 0) is 40.9 Å². The number of hydrogen-bond acceptors (Lipinski definition) is 8. The Morgan fingerprint density at radius 1 is 1.40 bits per heavy atom. The van der Waals surface area contributed by atoms with Crippen LogP contribution in [0.25, 0.3) is 0 Å². The topological polar surface area (TPSA) is 106 Å². The summed E-state index contributed by atoms with van der Waals surface area (Å²) in [4.78, 5) is 23.8. The fraction of sp³-hybridized carbons (Fsp3) is 0.429. The molecular formula is C14H15BrN4O4S2. The minimum atomic E-state index is -0.410. The molecule has 2 aromatic rings. The third-order valence-corrected chi connectivity index (χ3v) is 5.70. The van der Waals surface area contributed by atoms with Gasteiger partial charge < -0.3 is 14.5 Å². The number of nitrogens with one attached hydrogen (secondary N) is 2. The highest BCUT2D eigenvalue weighted by atomic mass is 79.9. The third-order valence-electron chi connectivity index (χ3n) is 3.30. The van der Waals surface area contributed by atoms with Crippen LogP contribution in [0, 0.1) is 0 Å². The maximum Gasteiger partial charge on any atom is 0.293 e. The number of rotatable bonds is 7. The van der Waals surface area contributed by atoms with Gasteiger partial charge in [-0.15, -0.1) is 10.2 Å². The highest BCUT2D eigenvalue weighted by Crippen LogP contribution is 2.26. The number of aromatic nitrogens is 2. The van der Waals surface area contributed by atoms with Crippen LogP contribution in [0.4, 0.5) is 5.13 Å². The number of carbonyl (C=O) groups is 2. The molecule has 3 heterocycles. The van der Waals surface area contributed by atoms with Gasteiger partial charge in [0.1, 0.15) is 0 Å². The molecule has 0 aromatic carbocycles. The molecule has 2 N–H and O–H groups in total. The van der Waals surface area contributed by atoms with E-state index in [-0.39, 0.29) is 23.5 Å². The number of carbonyl (C=O) groups excluding carboxylic acids is 2. The van der Waals surface area contributed by atoms with E-state index in [1.165, 1.54) is 23.1 Å². The normalized spacial score (nSPS) is 16.8. The molecule has 2 aromatic heterocycles. The largest absolute Gasteiger partial charge is 0.444 e. The maximum absolute atomic E-state index is 11.9. The van der Waals surface area contributed by atoms with Crippen LogP contribution in [0.5, 0.6) is 0 Å². The minimum Gasteiger partial charge on any atom is -0.444 e. The summed E-state index contributed by atoms with van der Waals surface area (Å²) in [6.45, 7) is 1.30. The molecule has 1 aliphatic heterocycles. The first kappa shape index (κ1) is 18.4. The summed E-state index contributed by atoms with van der Waals surface area (Å²) in [7, 11) is 0. The molecule has 1 fully saturated rings. The van der Waals surface area contributed by atoms with E-state index in [0.29, 0.717) is 20.7 Å². The van der Waals surface area contributed by atoms with Crippen molar-refractivity contribution in [1.29, 1.82) is 0 Å². The van der Waals surface area contributed by atoms with Gasteiger partial charge in [-0.25, -0.2) is 0 Å². The molecule has 0 bridgehead atoms. The molecule has 8 nitrogen and oxygen atoms in total. The Kier molecular flexibility index (Phi) is 6.45. The minimum absolute atomic E-state index is 0.0817. The summed E-state index contributed by atoms with van der Waals surface area (Å²) < 4.78 is 11.7. The smallest absolute Gasteiger partial charge is 0.293 e. The second-order valence-corrected chi connectivity index (χ2v) is 8.14. The van der Waals surface area contributed by atoms with Gasteiger partial charge in [-0.1, -0.05) is 23.1 Å². The van der Waals surface area contributed by atoms with Crippen molar-refractivity contribution in [2.24, 2.45) is 0 Å². The van der Waals surface area contributed by atoms with Crippen molar-refractivity contribution < 1.29 is 18.7 Å². The van der Waals surface area contributed by atoms with E-state index in [9.17, 15) is 9.59 Å². The highest BCUT2D eigenvalue weighted by molar-refractivity contribution is 9.10. The van der Waals surface area contributed by atoms with Crippen LogP contribution in [0.1, 0.15) is 23.4 Å². The lowest BCUT2D eigenvalue weighted by Crippen LogP contribution is -2.32. The second kappa shape index (κ2) is 8.79. The molecule has 3 rings (SSSR count). The number of anilines is 1. The lowest BCUT2D eigenvalue weighted by Gasteiger charge is -2.09. The molecule has 1 saturated heterocycles. The Morgan fingerprint density at radius 2 is 2.28 bits per heavy atom. The number of amides is 2. The average molecular weight is 447 g/mol. The van der Waals surface area contributed by atoms with Crippen LogP contribution < -0.4 is 10.6 Å². The molecule has 1 aliphatic rings. The van der Waals surface area contributed by atoms with Crippen molar-refractivity contribution in [3.63, 3.8) is 0 Å². The molecule has 1 atom stereocenters. The van der Waals surface area contributed by atoms with Crippen molar-refractivity contribution in [2.45, 2.75) is 23.3 Å². The maximum atomic E-state index is 11.9. The standard InChI is InChI=1S/C14H15BrN4O4S2/c15-10-4-3-9(23-10)12(21)17-13-18-19-14(25-13)24-7-11(20)16-6-8-2-1-5-22-8/h3-4,8H,1-2,5-7H2,(H,16,20)(H,17,18,21). The van der Waals surface area contributed by atoms with E-state index in [0.717, 1.165) is 19.4 Å². The van der Waals surface area contributed by atoms with Gasteiger partial charge in [0.2, 0.25) is 11.0 Å². The fourth-order valence-electron chi connectivity index (χ4n) is 2.12. The predicted molar refractivity (Wildman–Crippen MR) is 97.0 cm³/mol. The summed E-state index contributed by atoms with van der Waals surface area (Å²) >= 11 is 5.60. The van der Waals surface area contributed by atoms with Gasteiger partial charge in [0.05, 0.1) is 11.9 Å². The van der Waals surface area contributed by atoms with Crippen LogP contribution >= 0.6 is 39.0 Å². The Morgan fingerprint density at radius 3 is 3.00 bits per heavy atom.